The van der Waals surface area contributed by atoms with Crippen molar-refractivity contribution in [2.45, 2.75) is 58.8 Å². The van der Waals surface area contributed by atoms with Crippen LogP contribution in [0.5, 0.6) is 0 Å². The minimum absolute atomic E-state index is 0.218. The minimum atomic E-state index is -0.351. The lowest BCUT2D eigenvalue weighted by Gasteiger charge is -2.52. The van der Waals surface area contributed by atoms with Crippen LogP contribution in [-0.4, -0.2) is 10.2 Å². The van der Waals surface area contributed by atoms with E-state index in [1.54, 1.807) is 5.57 Å². The van der Waals surface area contributed by atoms with Crippen molar-refractivity contribution in [1.29, 1.82) is 0 Å². The van der Waals surface area contributed by atoms with Crippen molar-refractivity contribution in [3.63, 3.8) is 0 Å². The van der Waals surface area contributed by atoms with Crippen LogP contribution >= 0.6 is 0 Å². The first kappa shape index (κ1) is 13.5. The molecule has 4 rings (SSSR count). The molecule has 0 unspecified atom stereocenters. The van der Waals surface area contributed by atoms with Gasteiger partial charge in [-0.15, -0.1) is 0 Å². The monoisotopic (exact) mass is 286 g/mol. The predicted molar refractivity (Wildman–Crippen MR) is 84.0 cm³/mol. The van der Waals surface area contributed by atoms with Crippen molar-refractivity contribution < 1.29 is 10.2 Å². The Morgan fingerprint density at radius 2 is 1.81 bits per heavy atom. The van der Waals surface area contributed by atoms with E-state index in [0.29, 0.717) is 23.7 Å². The fraction of sp³-hybridized carbons (Fsp3) is 0.684. The third kappa shape index (κ3) is 1.59. The number of aliphatic hydroxyl groups excluding tert-OH is 2. The van der Waals surface area contributed by atoms with Crippen molar-refractivity contribution in [3.8, 4) is 0 Å². The molecule has 0 radical (unpaired) electrons. The summed E-state index contributed by atoms with van der Waals surface area (Å²) >= 11 is 0. The van der Waals surface area contributed by atoms with Gasteiger partial charge < -0.3 is 10.2 Å². The molecule has 114 valence electrons. The van der Waals surface area contributed by atoms with Crippen molar-refractivity contribution in [3.05, 3.63) is 34.8 Å². The van der Waals surface area contributed by atoms with E-state index in [0.717, 1.165) is 12.8 Å². The van der Waals surface area contributed by atoms with Gasteiger partial charge in [-0.2, -0.15) is 0 Å². The molecular formula is C19H26O2. The minimum Gasteiger partial charge on any atom is -0.509 e. The van der Waals surface area contributed by atoms with Gasteiger partial charge in [-0.05, 0) is 56.3 Å². The van der Waals surface area contributed by atoms with Gasteiger partial charge >= 0.3 is 0 Å². The molecule has 0 aromatic heterocycles. The summed E-state index contributed by atoms with van der Waals surface area (Å²) in [5.74, 6) is 1.53. The van der Waals surface area contributed by atoms with E-state index >= 15 is 0 Å². The molecular weight excluding hydrogens is 260 g/mol. The molecule has 2 nitrogen and oxygen atoms in total. The van der Waals surface area contributed by atoms with Crippen molar-refractivity contribution >= 4 is 0 Å². The lowest BCUT2D eigenvalue weighted by molar-refractivity contribution is 0.0915. The third-order valence-electron chi connectivity index (χ3n) is 7.13. The van der Waals surface area contributed by atoms with Gasteiger partial charge in [0, 0.05) is 6.42 Å². The Hall–Kier alpha value is -1.18. The van der Waals surface area contributed by atoms with Gasteiger partial charge in [-0.25, -0.2) is 0 Å². The molecule has 0 amide bonds. The third-order valence-corrected chi connectivity index (χ3v) is 7.13. The van der Waals surface area contributed by atoms with Crippen LogP contribution in [0.15, 0.2) is 34.8 Å². The van der Waals surface area contributed by atoms with E-state index < -0.39 is 0 Å². The fourth-order valence-corrected chi connectivity index (χ4v) is 5.76. The summed E-state index contributed by atoms with van der Waals surface area (Å²) in [7, 11) is 0. The van der Waals surface area contributed by atoms with Crippen LogP contribution < -0.4 is 0 Å². The molecule has 0 bridgehead atoms. The van der Waals surface area contributed by atoms with E-state index in [-0.39, 0.29) is 16.9 Å². The predicted octanol–water partition coefficient (Wildman–Crippen LogP) is 5.20. The van der Waals surface area contributed by atoms with Gasteiger partial charge in [-0.3, -0.25) is 0 Å². The van der Waals surface area contributed by atoms with E-state index in [9.17, 15) is 10.2 Å². The van der Waals surface area contributed by atoms with Gasteiger partial charge in [0.2, 0.25) is 0 Å². The van der Waals surface area contributed by atoms with E-state index in [1.165, 1.54) is 31.3 Å². The lowest BCUT2D eigenvalue weighted by Crippen LogP contribution is -2.44. The van der Waals surface area contributed by atoms with Crippen molar-refractivity contribution in [1.82, 2.24) is 0 Å². The molecule has 21 heavy (non-hydrogen) atoms. The van der Waals surface area contributed by atoms with Crippen LogP contribution in [0.2, 0.25) is 0 Å². The molecule has 0 spiro atoms. The summed E-state index contributed by atoms with van der Waals surface area (Å²) in [6.45, 7) is 4.61. The number of allylic oxidation sites excluding steroid dienone is 5. The Balaban J connectivity index is 1.83. The first-order valence-corrected chi connectivity index (χ1v) is 8.49. The average Bonchev–Trinajstić information content (AvgIpc) is 2.86. The van der Waals surface area contributed by atoms with Gasteiger partial charge in [0.25, 0.3) is 0 Å². The molecule has 2 saturated carbocycles. The highest BCUT2D eigenvalue weighted by atomic mass is 16.3. The highest BCUT2D eigenvalue weighted by Crippen LogP contribution is 2.63. The van der Waals surface area contributed by atoms with Crippen molar-refractivity contribution in [2.75, 3.05) is 0 Å². The normalized spacial score (nSPS) is 45.4. The van der Waals surface area contributed by atoms with E-state index in [4.69, 9.17) is 0 Å². The Kier molecular flexibility index (Phi) is 2.68. The number of rotatable bonds is 0. The van der Waals surface area contributed by atoms with Crippen LogP contribution in [0.4, 0.5) is 0 Å². The summed E-state index contributed by atoms with van der Waals surface area (Å²) in [6, 6.07) is 0. The Labute approximate surface area is 127 Å². The second kappa shape index (κ2) is 4.18. The Bertz CT molecular complexity index is 582. The SMILES string of the molecule is C[C@@]12CCC[C@H]1C1=CC=C3CCC(O)=C(O)[C@]3(C)[C@H]1CC2. The molecule has 4 aliphatic rings. The maximum Gasteiger partial charge on any atom is 0.140 e. The molecule has 2 N–H and O–H groups in total. The summed E-state index contributed by atoms with van der Waals surface area (Å²) in [4.78, 5) is 0. The Morgan fingerprint density at radius 3 is 2.62 bits per heavy atom. The quantitative estimate of drug-likeness (QED) is 0.642. The summed E-state index contributed by atoms with van der Waals surface area (Å²) in [6.07, 6.45) is 12.5. The summed E-state index contributed by atoms with van der Waals surface area (Å²) in [5.41, 5.74) is 2.98. The maximum absolute atomic E-state index is 10.6. The average molecular weight is 286 g/mol. The molecule has 4 atom stereocenters. The number of fused-ring (bicyclic) bond motifs is 5. The largest absolute Gasteiger partial charge is 0.509 e. The maximum atomic E-state index is 10.6. The second-order valence-corrected chi connectivity index (χ2v) is 8.05. The van der Waals surface area contributed by atoms with E-state index in [1.807, 2.05) is 0 Å². The molecule has 4 aliphatic carbocycles. The molecule has 2 heteroatoms. The molecule has 0 aliphatic heterocycles. The lowest BCUT2D eigenvalue weighted by atomic mass is 9.52. The van der Waals surface area contributed by atoms with Crippen LogP contribution in [0.25, 0.3) is 0 Å². The zero-order chi connectivity index (χ0) is 14.8. The van der Waals surface area contributed by atoms with Gasteiger partial charge in [0.15, 0.2) is 0 Å². The molecule has 0 heterocycles. The summed E-state index contributed by atoms with van der Waals surface area (Å²) < 4.78 is 0. The second-order valence-electron chi connectivity index (χ2n) is 8.05. The van der Waals surface area contributed by atoms with Gasteiger partial charge in [0.05, 0.1) is 5.41 Å². The van der Waals surface area contributed by atoms with Crippen LogP contribution in [0.1, 0.15) is 58.8 Å². The number of aliphatic hydroxyl groups is 2. The van der Waals surface area contributed by atoms with Crippen LogP contribution in [0.3, 0.4) is 0 Å². The fourth-order valence-electron chi connectivity index (χ4n) is 5.76. The van der Waals surface area contributed by atoms with E-state index in [2.05, 4.69) is 26.0 Å². The van der Waals surface area contributed by atoms with Crippen LogP contribution in [-0.2, 0) is 0 Å². The number of hydrogen-bond acceptors (Lipinski definition) is 2. The van der Waals surface area contributed by atoms with Gasteiger partial charge in [0.1, 0.15) is 11.5 Å². The van der Waals surface area contributed by atoms with Crippen LogP contribution in [0, 0.1) is 22.7 Å². The molecule has 0 saturated heterocycles. The highest BCUT2D eigenvalue weighted by molar-refractivity contribution is 5.44. The standard InChI is InChI=1S/C19H26O2/c1-18-10-3-4-14(18)13-7-5-12-6-8-16(20)17(21)19(12,2)15(13)9-11-18/h5,7,14-15,20-21H,3-4,6,8-11H2,1-2H3/t14-,15-,18-,19-/m0/s1. The highest BCUT2D eigenvalue weighted by Gasteiger charge is 2.54. The first-order chi connectivity index (χ1) is 9.97. The van der Waals surface area contributed by atoms with Gasteiger partial charge in [-0.1, -0.05) is 36.6 Å². The Morgan fingerprint density at radius 1 is 1.00 bits per heavy atom. The molecule has 2 fully saturated rings. The smallest absolute Gasteiger partial charge is 0.140 e. The summed E-state index contributed by atoms with van der Waals surface area (Å²) in [5, 5.41) is 20.7. The topological polar surface area (TPSA) is 40.5 Å². The van der Waals surface area contributed by atoms with Crippen molar-refractivity contribution in [2.24, 2.45) is 22.7 Å². The zero-order valence-electron chi connectivity index (χ0n) is 13.2. The molecule has 0 aromatic rings. The number of hydrogen-bond donors (Lipinski definition) is 2. The zero-order valence-corrected chi connectivity index (χ0v) is 13.2. The first-order valence-electron chi connectivity index (χ1n) is 8.49. The molecule has 0 aromatic carbocycles.